The van der Waals surface area contributed by atoms with Gasteiger partial charge >= 0.3 is 0 Å². The zero-order chi connectivity index (χ0) is 9.19. The van der Waals surface area contributed by atoms with Gasteiger partial charge in [0.25, 0.3) is 0 Å². The maximum absolute atomic E-state index is 5.07. The monoisotopic (exact) mass is 166 g/mol. The summed E-state index contributed by atoms with van der Waals surface area (Å²) in [4.78, 5) is 5.07. The fourth-order valence-electron chi connectivity index (χ4n) is 1.01. The molecule has 2 heteroatoms. The molecule has 12 heavy (non-hydrogen) atoms. The average Bonchev–Trinajstić information content (AvgIpc) is 2.03. The van der Waals surface area contributed by atoms with Crippen LogP contribution in [0.3, 0.4) is 0 Å². The van der Waals surface area contributed by atoms with Gasteiger partial charge in [0, 0.05) is 16.4 Å². The van der Waals surface area contributed by atoms with E-state index in [2.05, 4.69) is 26.8 Å². The van der Waals surface area contributed by atoms with Crippen LogP contribution in [0.15, 0.2) is 24.5 Å². The van der Waals surface area contributed by atoms with Crippen LogP contribution in [0.25, 0.3) is 0 Å². The first-order chi connectivity index (χ1) is 5.54. The van der Waals surface area contributed by atoms with E-state index in [0.717, 1.165) is 0 Å². The van der Waals surface area contributed by atoms with Crippen molar-refractivity contribution in [3.05, 3.63) is 30.1 Å². The van der Waals surface area contributed by atoms with Crippen molar-refractivity contribution in [3.8, 4) is 0 Å². The van der Waals surface area contributed by atoms with Crippen LogP contribution < -0.4 is 9.57 Å². The molecular weight excluding hydrogens is 150 g/mol. The molecule has 1 aromatic rings. The van der Waals surface area contributed by atoms with Crippen molar-refractivity contribution in [1.29, 1.82) is 0 Å². The van der Waals surface area contributed by atoms with E-state index in [0.29, 0.717) is 0 Å². The van der Waals surface area contributed by atoms with Gasteiger partial charge in [0.1, 0.15) is 7.11 Å². The van der Waals surface area contributed by atoms with E-state index in [9.17, 15) is 0 Å². The standard InChI is InChI=1S/C10H16NO/c1-10(2,3)9-6-5-7-11(8-9)12-4/h5-8H,1-4H3/q+1. The van der Waals surface area contributed by atoms with Crippen molar-refractivity contribution in [2.75, 3.05) is 7.11 Å². The Balaban J connectivity index is 3.02. The Morgan fingerprint density at radius 3 is 2.50 bits per heavy atom. The van der Waals surface area contributed by atoms with E-state index in [-0.39, 0.29) is 5.41 Å². The molecule has 1 heterocycles. The lowest BCUT2D eigenvalue weighted by molar-refractivity contribution is -0.885. The molecule has 0 atom stereocenters. The van der Waals surface area contributed by atoms with Gasteiger partial charge in [-0.3, -0.25) is 4.84 Å². The molecule has 0 aliphatic carbocycles. The summed E-state index contributed by atoms with van der Waals surface area (Å²) < 4.78 is 1.71. The third-order valence-electron chi connectivity index (χ3n) is 1.85. The van der Waals surface area contributed by atoms with E-state index in [4.69, 9.17) is 4.84 Å². The summed E-state index contributed by atoms with van der Waals surface area (Å²) >= 11 is 0. The maximum Gasteiger partial charge on any atom is 0.226 e. The van der Waals surface area contributed by atoms with Crippen molar-refractivity contribution < 1.29 is 9.57 Å². The van der Waals surface area contributed by atoms with Crippen LogP contribution in [0, 0.1) is 0 Å². The predicted octanol–water partition coefficient (Wildman–Crippen LogP) is 1.33. The molecule has 0 aliphatic rings. The topological polar surface area (TPSA) is 13.1 Å². The Morgan fingerprint density at radius 1 is 1.33 bits per heavy atom. The fraction of sp³-hybridized carbons (Fsp3) is 0.500. The SMILES string of the molecule is CO[n+]1cccc(C(C)(C)C)c1. The average molecular weight is 166 g/mol. The largest absolute Gasteiger partial charge is 0.275 e. The van der Waals surface area contributed by atoms with Crippen LogP contribution in [-0.2, 0) is 5.41 Å². The molecule has 0 N–H and O–H groups in total. The summed E-state index contributed by atoms with van der Waals surface area (Å²) in [5.41, 5.74) is 1.45. The van der Waals surface area contributed by atoms with Gasteiger partial charge < -0.3 is 0 Å². The fourth-order valence-corrected chi connectivity index (χ4v) is 1.01. The first kappa shape index (κ1) is 9.04. The molecule has 66 valence electrons. The lowest BCUT2D eigenvalue weighted by Gasteiger charge is -2.15. The number of nitrogens with zero attached hydrogens (tertiary/aromatic N) is 1. The summed E-state index contributed by atoms with van der Waals surface area (Å²) in [5.74, 6) is 0. The Morgan fingerprint density at radius 2 is 2.00 bits per heavy atom. The minimum Gasteiger partial charge on any atom is -0.275 e. The van der Waals surface area contributed by atoms with Gasteiger partial charge in [-0.05, 0) is 11.5 Å². The number of hydrogen-bond donors (Lipinski definition) is 0. The second-order valence-electron chi connectivity index (χ2n) is 3.89. The molecule has 0 aromatic carbocycles. The molecule has 2 nitrogen and oxygen atoms in total. The highest BCUT2D eigenvalue weighted by atomic mass is 16.6. The Hall–Kier alpha value is -1.05. The van der Waals surface area contributed by atoms with Crippen molar-refractivity contribution in [2.45, 2.75) is 26.2 Å². The van der Waals surface area contributed by atoms with Gasteiger partial charge in [-0.2, -0.15) is 0 Å². The highest BCUT2D eigenvalue weighted by Crippen LogP contribution is 2.19. The molecule has 0 aliphatic heterocycles. The van der Waals surface area contributed by atoms with Gasteiger partial charge in [-0.15, -0.1) is 0 Å². The van der Waals surface area contributed by atoms with E-state index in [1.54, 1.807) is 11.8 Å². The maximum atomic E-state index is 5.07. The number of aromatic nitrogens is 1. The van der Waals surface area contributed by atoms with Crippen molar-refractivity contribution in [2.24, 2.45) is 0 Å². The number of hydrogen-bond acceptors (Lipinski definition) is 1. The van der Waals surface area contributed by atoms with Crippen LogP contribution in [0.2, 0.25) is 0 Å². The van der Waals surface area contributed by atoms with Crippen LogP contribution in [0.1, 0.15) is 26.3 Å². The summed E-state index contributed by atoms with van der Waals surface area (Å²) in [7, 11) is 1.66. The van der Waals surface area contributed by atoms with Gasteiger partial charge in [0.15, 0.2) is 0 Å². The molecular formula is C10H16NO+. The molecule has 1 rings (SSSR count). The molecule has 0 radical (unpaired) electrons. The summed E-state index contributed by atoms with van der Waals surface area (Å²) in [6.45, 7) is 6.55. The number of rotatable bonds is 1. The van der Waals surface area contributed by atoms with E-state index < -0.39 is 0 Å². The second kappa shape index (κ2) is 3.13. The minimum absolute atomic E-state index is 0.182. The summed E-state index contributed by atoms with van der Waals surface area (Å²) in [5, 5.41) is 0. The molecule has 0 unspecified atom stereocenters. The number of pyridine rings is 1. The quantitative estimate of drug-likeness (QED) is 0.574. The Kier molecular flexibility index (Phi) is 2.36. The Bertz CT molecular complexity index is 263. The van der Waals surface area contributed by atoms with E-state index in [1.165, 1.54) is 5.56 Å². The molecule has 0 spiro atoms. The van der Waals surface area contributed by atoms with Gasteiger partial charge in [-0.25, -0.2) is 0 Å². The molecule has 0 amide bonds. The lowest BCUT2D eigenvalue weighted by atomic mass is 9.88. The van der Waals surface area contributed by atoms with Crippen LogP contribution in [0.4, 0.5) is 0 Å². The molecule has 1 aromatic heterocycles. The van der Waals surface area contributed by atoms with E-state index in [1.807, 2.05) is 18.5 Å². The van der Waals surface area contributed by atoms with Gasteiger partial charge in [-0.1, -0.05) is 20.8 Å². The highest BCUT2D eigenvalue weighted by Gasteiger charge is 2.17. The molecule has 0 saturated carbocycles. The van der Waals surface area contributed by atoms with E-state index >= 15 is 0 Å². The van der Waals surface area contributed by atoms with Gasteiger partial charge in [0.05, 0.1) is 0 Å². The van der Waals surface area contributed by atoms with Crippen molar-refractivity contribution >= 4 is 0 Å². The Labute approximate surface area is 73.8 Å². The first-order valence-corrected chi connectivity index (χ1v) is 4.10. The molecule has 0 bridgehead atoms. The van der Waals surface area contributed by atoms with Crippen molar-refractivity contribution in [3.63, 3.8) is 0 Å². The van der Waals surface area contributed by atoms with Crippen molar-refractivity contribution in [1.82, 2.24) is 0 Å². The minimum atomic E-state index is 0.182. The third kappa shape index (κ3) is 1.97. The zero-order valence-corrected chi connectivity index (χ0v) is 8.16. The third-order valence-corrected chi connectivity index (χ3v) is 1.85. The normalized spacial score (nSPS) is 11.3. The summed E-state index contributed by atoms with van der Waals surface area (Å²) in [6.07, 6.45) is 3.88. The second-order valence-corrected chi connectivity index (χ2v) is 3.89. The van der Waals surface area contributed by atoms with Gasteiger partial charge in [0.2, 0.25) is 12.4 Å². The zero-order valence-electron chi connectivity index (χ0n) is 8.16. The molecule has 0 saturated heterocycles. The molecule has 0 fully saturated rings. The van der Waals surface area contributed by atoms with Crippen LogP contribution in [0.5, 0.6) is 0 Å². The first-order valence-electron chi connectivity index (χ1n) is 4.10. The smallest absolute Gasteiger partial charge is 0.226 e. The van der Waals surface area contributed by atoms with Crippen LogP contribution >= 0.6 is 0 Å². The highest BCUT2D eigenvalue weighted by molar-refractivity contribution is 5.15. The van der Waals surface area contributed by atoms with Crippen LogP contribution in [-0.4, -0.2) is 7.11 Å². The lowest BCUT2D eigenvalue weighted by Crippen LogP contribution is -2.40. The summed E-state index contributed by atoms with van der Waals surface area (Å²) in [6, 6.07) is 4.10. The predicted molar refractivity (Wildman–Crippen MR) is 47.8 cm³/mol.